The van der Waals surface area contributed by atoms with Crippen molar-refractivity contribution in [1.29, 1.82) is 0 Å². The van der Waals surface area contributed by atoms with E-state index in [1.54, 1.807) is 0 Å². The van der Waals surface area contributed by atoms with Crippen molar-refractivity contribution in [3.05, 3.63) is 12.4 Å². The van der Waals surface area contributed by atoms with Gasteiger partial charge in [0.1, 0.15) is 0 Å². The Morgan fingerprint density at radius 2 is 2.23 bits per heavy atom. The quantitative estimate of drug-likeness (QED) is 0.772. The topological polar surface area (TPSA) is 29.9 Å². The van der Waals surface area contributed by atoms with Crippen LogP contribution >= 0.6 is 0 Å². The largest absolute Gasteiger partial charge is 0.353 e. The van der Waals surface area contributed by atoms with E-state index < -0.39 is 0 Å². The van der Waals surface area contributed by atoms with E-state index in [2.05, 4.69) is 31.1 Å². The van der Waals surface area contributed by atoms with Crippen LogP contribution in [0.5, 0.6) is 0 Å². The Hall–Kier alpha value is -0.990. The summed E-state index contributed by atoms with van der Waals surface area (Å²) in [7, 11) is 2.00. The molecule has 74 valence electrons. The predicted octanol–water partition coefficient (Wildman–Crippen LogP) is 2.27. The van der Waals surface area contributed by atoms with E-state index in [4.69, 9.17) is 0 Å². The Morgan fingerprint density at radius 1 is 1.54 bits per heavy atom. The van der Waals surface area contributed by atoms with Crippen LogP contribution in [0.3, 0.4) is 0 Å². The summed E-state index contributed by atoms with van der Waals surface area (Å²) in [5, 5.41) is 3.43. The maximum Gasteiger partial charge on any atom is 0.202 e. The zero-order valence-corrected chi connectivity index (χ0v) is 8.91. The average Bonchev–Trinajstić information content (AvgIpc) is 2.46. The second-order valence-corrected chi connectivity index (χ2v) is 3.76. The Labute approximate surface area is 80.2 Å². The summed E-state index contributed by atoms with van der Waals surface area (Å²) in [5.41, 5.74) is 0. The van der Waals surface area contributed by atoms with E-state index >= 15 is 0 Å². The van der Waals surface area contributed by atoms with E-state index in [0.717, 1.165) is 12.4 Å². The molecule has 3 heteroatoms. The molecule has 1 rings (SSSR count). The van der Waals surface area contributed by atoms with Gasteiger partial charge in [-0.3, -0.25) is 0 Å². The third-order valence-corrected chi connectivity index (χ3v) is 2.38. The minimum Gasteiger partial charge on any atom is -0.353 e. The molecular formula is C10H19N3. The van der Waals surface area contributed by atoms with Gasteiger partial charge in [-0.25, -0.2) is 4.98 Å². The van der Waals surface area contributed by atoms with Crippen LogP contribution in [0.25, 0.3) is 0 Å². The average molecular weight is 181 g/mol. The van der Waals surface area contributed by atoms with Gasteiger partial charge in [0.15, 0.2) is 0 Å². The van der Waals surface area contributed by atoms with Gasteiger partial charge >= 0.3 is 0 Å². The number of hydrogen-bond donors (Lipinski definition) is 1. The fourth-order valence-electron chi connectivity index (χ4n) is 1.41. The van der Waals surface area contributed by atoms with Crippen molar-refractivity contribution in [2.24, 2.45) is 13.0 Å². The summed E-state index contributed by atoms with van der Waals surface area (Å²) in [6.07, 6.45) is 4.90. The van der Waals surface area contributed by atoms with Crippen LogP contribution in [0.2, 0.25) is 0 Å². The molecule has 0 aromatic carbocycles. The highest BCUT2D eigenvalue weighted by molar-refractivity contribution is 5.27. The Morgan fingerprint density at radius 3 is 2.62 bits per heavy atom. The van der Waals surface area contributed by atoms with Gasteiger partial charge < -0.3 is 9.88 Å². The van der Waals surface area contributed by atoms with Gasteiger partial charge in [0.25, 0.3) is 0 Å². The van der Waals surface area contributed by atoms with E-state index in [-0.39, 0.29) is 0 Å². The monoisotopic (exact) mass is 181 g/mol. The van der Waals surface area contributed by atoms with Crippen molar-refractivity contribution in [2.45, 2.75) is 33.2 Å². The number of rotatable bonds is 4. The first-order chi connectivity index (χ1) is 6.15. The van der Waals surface area contributed by atoms with Crippen molar-refractivity contribution in [2.75, 3.05) is 5.32 Å². The maximum atomic E-state index is 4.24. The third kappa shape index (κ3) is 2.47. The first-order valence-corrected chi connectivity index (χ1v) is 4.89. The Bertz CT molecular complexity index is 252. The minimum absolute atomic E-state index is 0.515. The second-order valence-electron chi connectivity index (χ2n) is 3.76. The van der Waals surface area contributed by atoms with Crippen LogP contribution in [0, 0.1) is 5.92 Å². The Balaban J connectivity index is 2.62. The summed E-state index contributed by atoms with van der Waals surface area (Å²) < 4.78 is 2.00. The maximum absolute atomic E-state index is 4.24. The number of anilines is 1. The van der Waals surface area contributed by atoms with Crippen LogP contribution in [-0.4, -0.2) is 15.6 Å². The summed E-state index contributed by atoms with van der Waals surface area (Å²) in [6.45, 7) is 6.65. The van der Waals surface area contributed by atoms with Crippen molar-refractivity contribution in [3.63, 3.8) is 0 Å². The lowest BCUT2D eigenvalue weighted by molar-refractivity contribution is 0.506. The SMILES string of the molecule is CCC(Nc1nccn1C)C(C)C. The number of aromatic nitrogens is 2. The second kappa shape index (κ2) is 4.30. The molecule has 1 heterocycles. The number of nitrogens with zero attached hydrogens (tertiary/aromatic N) is 2. The highest BCUT2D eigenvalue weighted by Gasteiger charge is 2.11. The highest BCUT2D eigenvalue weighted by Crippen LogP contribution is 2.12. The molecule has 1 atom stereocenters. The van der Waals surface area contributed by atoms with Gasteiger partial charge in [0.05, 0.1) is 0 Å². The first-order valence-electron chi connectivity index (χ1n) is 4.89. The third-order valence-electron chi connectivity index (χ3n) is 2.38. The number of hydrogen-bond acceptors (Lipinski definition) is 2. The van der Waals surface area contributed by atoms with Gasteiger partial charge in [0.2, 0.25) is 5.95 Å². The Kier molecular flexibility index (Phi) is 3.34. The van der Waals surface area contributed by atoms with Gasteiger partial charge in [-0.15, -0.1) is 0 Å². The summed E-state index contributed by atoms with van der Waals surface area (Å²) in [5.74, 6) is 1.60. The van der Waals surface area contributed by atoms with Crippen LogP contribution in [0.4, 0.5) is 5.95 Å². The molecule has 1 unspecified atom stereocenters. The molecule has 0 saturated heterocycles. The molecule has 0 aliphatic rings. The summed E-state index contributed by atoms with van der Waals surface area (Å²) in [4.78, 5) is 4.24. The van der Waals surface area contributed by atoms with Crippen LogP contribution in [0.15, 0.2) is 12.4 Å². The predicted molar refractivity (Wildman–Crippen MR) is 55.7 cm³/mol. The van der Waals surface area contributed by atoms with Crippen LogP contribution in [0.1, 0.15) is 27.2 Å². The zero-order valence-electron chi connectivity index (χ0n) is 8.91. The van der Waals surface area contributed by atoms with Crippen molar-refractivity contribution in [3.8, 4) is 0 Å². The van der Waals surface area contributed by atoms with Gasteiger partial charge in [0, 0.05) is 25.5 Å². The van der Waals surface area contributed by atoms with Crippen LogP contribution in [-0.2, 0) is 7.05 Å². The zero-order chi connectivity index (χ0) is 9.84. The smallest absolute Gasteiger partial charge is 0.202 e. The van der Waals surface area contributed by atoms with Crippen LogP contribution < -0.4 is 5.32 Å². The van der Waals surface area contributed by atoms with Crippen molar-refractivity contribution in [1.82, 2.24) is 9.55 Å². The number of imidazole rings is 1. The molecule has 13 heavy (non-hydrogen) atoms. The van der Waals surface area contributed by atoms with E-state index in [0.29, 0.717) is 12.0 Å². The van der Waals surface area contributed by atoms with E-state index in [1.807, 2.05) is 24.0 Å². The molecule has 1 aromatic heterocycles. The van der Waals surface area contributed by atoms with Gasteiger partial charge in [-0.2, -0.15) is 0 Å². The summed E-state index contributed by atoms with van der Waals surface area (Å²) >= 11 is 0. The molecule has 0 saturated carbocycles. The lowest BCUT2D eigenvalue weighted by Gasteiger charge is -2.21. The fraction of sp³-hybridized carbons (Fsp3) is 0.700. The van der Waals surface area contributed by atoms with E-state index in [1.165, 1.54) is 0 Å². The molecule has 0 radical (unpaired) electrons. The molecule has 0 amide bonds. The standard InChI is InChI=1S/C10H19N3/c1-5-9(8(2)3)12-10-11-6-7-13(10)4/h6-9H,5H2,1-4H3,(H,11,12). The fourth-order valence-corrected chi connectivity index (χ4v) is 1.41. The molecule has 3 nitrogen and oxygen atoms in total. The normalized spacial score (nSPS) is 13.3. The van der Waals surface area contributed by atoms with Crippen molar-refractivity contribution < 1.29 is 0 Å². The summed E-state index contributed by atoms with van der Waals surface area (Å²) in [6, 6.07) is 0.515. The minimum atomic E-state index is 0.515. The number of nitrogens with one attached hydrogen (secondary N) is 1. The molecule has 1 N–H and O–H groups in total. The molecule has 0 bridgehead atoms. The van der Waals surface area contributed by atoms with Crippen molar-refractivity contribution >= 4 is 5.95 Å². The lowest BCUT2D eigenvalue weighted by Crippen LogP contribution is -2.26. The molecule has 0 spiro atoms. The van der Waals surface area contributed by atoms with Gasteiger partial charge in [-0.05, 0) is 12.3 Å². The molecule has 0 aliphatic heterocycles. The lowest BCUT2D eigenvalue weighted by atomic mass is 10.0. The highest BCUT2D eigenvalue weighted by atomic mass is 15.2. The number of aryl methyl sites for hydroxylation is 1. The van der Waals surface area contributed by atoms with Gasteiger partial charge in [-0.1, -0.05) is 20.8 Å². The molecule has 0 aliphatic carbocycles. The molecule has 0 fully saturated rings. The molecule has 1 aromatic rings. The molecular weight excluding hydrogens is 162 g/mol. The van der Waals surface area contributed by atoms with E-state index in [9.17, 15) is 0 Å². The first kappa shape index (κ1) is 10.1.